The van der Waals surface area contributed by atoms with Gasteiger partial charge in [0.1, 0.15) is 11.7 Å². The van der Waals surface area contributed by atoms with Gasteiger partial charge in [-0.25, -0.2) is 9.98 Å². The molecule has 15 rings (SSSR count). The molecule has 11 atom stereocenters. The van der Waals surface area contributed by atoms with Crippen molar-refractivity contribution in [2.75, 3.05) is 0 Å². The Morgan fingerprint density at radius 1 is 0.491 bits per heavy atom. The number of benzene rings is 4. The second kappa shape index (κ2) is 9.63. The molecule has 0 radical (unpaired) electrons. The van der Waals surface area contributed by atoms with E-state index in [1.807, 2.05) is 13.8 Å². The van der Waals surface area contributed by atoms with Crippen LogP contribution in [0.4, 0.5) is 0 Å². The minimum Gasteiger partial charge on any atom is -0.325 e. The standard InChI is InChI=1S/C50H35N3.C2H6/c1-4-12-34-28(8-1)29-9-2-5-13-35(29)50(34)36-14-6-3-10-30(36)42-31(11-7-15-37(42)50)45-51-46(32-24-40-43-38-18-16-26(32)20-22-48(38,40)43)53-47(52-45)33-25-41-44-39-19-17-27(33)21-23-49(39,41)44;1-2/h1-27,38-41,43-44,46H,(H,51,52,53);1-2H3. The van der Waals surface area contributed by atoms with Gasteiger partial charge in [0.05, 0.1) is 5.41 Å². The zero-order chi connectivity index (χ0) is 36.0. The first-order valence-electron chi connectivity index (χ1n) is 20.8. The van der Waals surface area contributed by atoms with E-state index in [0.29, 0.717) is 22.7 Å². The quantitative estimate of drug-likeness (QED) is 0.183. The zero-order valence-corrected chi connectivity index (χ0v) is 31.0. The van der Waals surface area contributed by atoms with Crippen molar-refractivity contribution in [3.8, 4) is 22.3 Å². The van der Waals surface area contributed by atoms with Crippen molar-refractivity contribution in [1.82, 2.24) is 5.32 Å². The SMILES string of the molecule is C1=CC2C3C4C=C(C5=NC(C6=CC7C8C9C=CC6C=CC978)N=C(c6cccc7c6-c6ccccc6C76c7ccccc7-c7ccccc76)N5)C1C=CC243.CC. The molecule has 11 unspecified atom stereocenters. The maximum atomic E-state index is 5.68. The van der Waals surface area contributed by atoms with E-state index in [1.165, 1.54) is 55.7 Å². The average Bonchev–Trinajstić information content (AvgIpc) is 4.16. The molecule has 3 spiro atoms. The third kappa shape index (κ3) is 3.25. The van der Waals surface area contributed by atoms with Crippen LogP contribution in [-0.4, -0.2) is 17.8 Å². The molecule has 4 aromatic carbocycles. The van der Waals surface area contributed by atoms with E-state index < -0.39 is 0 Å². The molecule has 10 aliphatic carbocycles. The zero-order valence-electron chi connectivity index (χ0n) is 31.0. The number of allylic oxidation sites excluding steroid dienone is 10. The van der Waals surface area contributed by atoms with Crippen LogP contribution in [0.3, 0.4) is 0 Å². The van der Waals surface area contributed by atoms with Crippen LogP contribution in [0, 0.1) is 58.2 Å². The van der Waals surface area contributed by atoms with E-state index in [2.05, 4.69) is 157 Å². The number of rotatable bonds is 3. The van der Waals surface area contributed by atoms with Crippen LogP contribution in [0.1, 0.15) is 41.7 Å². The third-order valence-corrected chi connectivity index (χ3v) is 15.9. The Hall–Kier alpha value is -5.54. The molecule has 4 fully saturated rings. The smallest absolute Gasteiger partial charge is 0.166 e. The summed E-state index contributed by atoms with van der Waals surface area (Å²) in [4.78, 5) is 11.3. The van der Waals surface area contributed by atoms with Crippen LogP contribution in [-0.2, 0) is 5.41 Å². The van der Waals surface area contributed by atoms with Crippen molar-refractivity contribution in [2.45, 2.75) is 25.4 Å². The maximum Gasteiger partial charge on any atom is 0.166 e. The first kappa shape index (κ1) is 29.8. The van der Waals surface area contributed by atoms with Crippen molar-refractivity contribution in [3.63, 3.8) is 0 Å². The Labute approximate surface area is 322 Å². The first-order valence-corrected chi connectivity index (χ1v) is 20.8. The number of nitrogens with zero attached hydrogens (tertiary/aromatic N) is 2. The number of fused-ring (bicyclic) bond motifs is 16. The Balaban J connectivity index is 0.00000152. The summed E-state index contributed by atoms with van der Waals surface area (Å²) in [5, 5.41) is 3.96. The van der Waals surface area contributed by atoms with Gasteiger partial charge in [0.25, 0.3) is 0 Å². The maximum absolute atomic E-state index is 5.68. The van der Waals surface area contributed by atoms with Crippen molar-refractivity contribution in [2.24, 2.45) is 68.2 Å². The monoisotopic (exact) mass is 707 g/mol. The summed E-state index contributed by atoms with van der Waals surface area (Å²) >= 11 is 0. The molecule has 3 nitrogen and oxygen atoms in total. The highest BCUT2D eigenvalue weighted by Gasteiger charge is 2.84. The minimum absolute atomic E-state index is 0.228. The summed E-state index contributed by atoms with van der Waals surface area (Å²) in [7, 11) is 0. The molecule has 4 aromatic rings. The van der Waals surface area contributed by atoms with Gasteiger partial charge >= 0.3 is 0 Å². The molecule has 11 aliphatic rings. The van der Waals surface area contributed by atoms with Crippen LogP contribution >= 0.6 is 0 Å². The Morgan fingerprint density at radius 2 is 1.04 bits per heavy atom. The molecule has 1 N–H and O–H groups in total. The van der Waals surface area contributed by atoms with Crippen molar-refractivity contribution >= 4 is 11.7 Å². The van der Waals surface area contributed by atoms with E-state index in [1.54, 1.807) is 0 Å². The predicted octanol–water partition coefficient (Wildman–Crippen LogP) is 10.2. The number of aliphatic imine (C=N–C) groups is 2. The van der Waals surface area contributed by atoms with Gasteiger partial charge in [-0.1, -0.05) is 166 Å². The fourth-order valence-corrected chi connectivity index (χ4v) is 13.2. The van der Waals surface area contributed by atoms with Gasteiger partial charge in [0.2, 0.25) is 0 Å². The largest absolute Gasteiger partial charge is 0.325 e. The Bertz CT molecular complexity index is 2700. The molecule has 0 amide bonds. The summed E-state index contributed by atoms with van der Waals surface area (Å²) in [5.41, 5.74) is 14.9. The van der Waals surface area contributed by atoms with E-state index in [4.69, 9.17) is 9.98 Å². The fourth-order valence-electron chi connectivity index (χ4n) is 13.2. The highest BCUT2D eigenvalue weighted by atomic mass is 15.2. The molecule has 3 heteroatoms. The fraction of sp³-hybridized carbons (Fsp3) is 0.269. The molecule has 4 bridgehead atoms. The average molecular weight is 708 g/mol. The number of amidine groups is 2. The number of hydrogen-bond donors (Lipinski definition) is 1. The van der Waals surface area contributed by atoms with Gasteiger partial charge in [-0.3, -0.25) is 0 Å². The number of hydrogen-bond acceptors (Lipinski definition) is 3. The lowest BCUT2D eigenvalue weighted by Gasteiger charge is -2.31. The van der Waals surface area contributed by atoms with Gasteiger partial charge in [-0.15, -0.1) is 0 Å². The topological polar surface area (TPSA) is 36.8 Å². The number of nitrogens with one attached hydrogen (secondary N) is 1. The molecule has 4 saturated carbocycles. The van der Waals surface area contributed by atoms with Gasteiger partial charge < -0.3 is 5.32 Å². The van der Waals surface area contributed by atoms with Gasteiger partial charge in [0, 0.05) is 33.8 Å². The second-order valence-electron chi connectivity index (χ2n) is 17.6. The lowest BCUT2D eigenvalue weighted by Crippen LogP contribution is -2.40. The lowest BCUT2D eigenvalue weighted by molar-refractivity contribution is 0.550. The summed E-state index contributed by atoms with van der Waals surface area (Å²) in [5.74, 6) is 6.69. The molecule has 0 aromatic heterocycles. The van der Waals surface area contributed by atoms with Gasteiger partial charge in [-0.2, -0.15) is 0 Å². The van der Waals surface area contributed by atoms with Crippen LogP contribution in [0.15, 0.2) is 173 Å². The van der Waals surface area contributed by atoms with Crippen molar-refractivity contribution in [3.05, 3.63) is 191 Å². The molecule has 1 aliphatic heterocycles. The summed E-state index contributed by atoms with van der Waals surface area (Å²) < 4.78 is 0. The molecule has 264 valence electrons. The highest BCUT2D eigenvalue weighted by Crippen LogP contribution is 2.88. The van der Waals surface area contributed by atoms with E-state index in [0.717, 1.165) is 40.9 Å². The molecule has 0 saturated heterocycles. The van der Waals surface area contributed by atoms with Crippen LogP contribution in [0.25, 0.3) is 22.3 Å². The van der Waals surface area contributed by atoms with Crippen LogP contribution in [0.2, 0.25) is 0 Å². The van der Waals surface area contributed by atoms with E-state index in [-0.39, 0.29) is 23.4 Å². The minimum atomic E-state index is -0.389. The van der Waals surface area contributed by atoms with Crippen molar-refractivity contribution < 1.29 is 0 Å². The van der Waals surface area contributed by atoms with E-state index >= 15 is 0 Å². The lowest BCUT2D eigenvalue weighted by atomic mass is 9.70. The summed E-state index contributed by atoms with van der Waals surface area (Å²) in [6.45, 7) is 4.00. The molecular weight excluding hydrogens is 667 g/mol. The molecule has 1 heterocycles. The highest BCUT2D eigenvalue weighted by molar-refractivity contribution is 6.19. The summed E-state index contributed by atoms with van der Waals surface area (Å²) in [6.07, 6.45) is 24.9. The van der Waals surface area contributed by atoms with Gasteiger partial charge in [-0.05, 0) is 85.6 Å². The van der Waals surface area contributed by atoms with Crippen LogP contribution in [0.5, 0.6) is 0 Å². The van der Waals surface area contributed by atoms with Crippen LogP contribution < -0.4 is 5.32 Å². The summed E-state index contributed by atoms with van der Waals surface area (Å²) in [6, 6.07) is 34.2. The second-order valence-corrected chi connectivity index (χ2v) is 17.6. The van der Waals surface area contributed by atoms with E-state index in [9.17, 15) is 0 Å². The molecular formula is C52H41N3. The normalized spacial score (nSPS) is 38.0. The molecule has 55 heavy (non-hydrogen) atoms. The first-order chi connectivity index (χ1) is 27.2. The Kier molecular flexibility index (Phi) is 5.21. The Morgan fingerprint density at radius 3 is 1.75 bits per heavy atom. The van der Waals surface area contributed by atoms with Gasteiger partial charge in [0.15, 0.2) is 6.17 Å². The predicted molar refractivity (Wildman–Crippen MR) is 220 cm³/mol. The third-order valence-electron chi connectivity index (χ3n) is 15.9. The van der Waals surface area contributed by atoms with Crippen molar-refractivity contribution in [1.29, 1.82) is 0 Å².